The Labute approximate surface area is 574 Å². The lowest BCUT2D eigenvalue weighted by molar-refractivity contribution is 0.482. The van der Waals surface area contributed by atoms with Gasteiger partial charge in [-0.25, -0.2) is 8.78 Å². The van der Waals surface area contributed by atoms with Crippen LogP contribution in [0.4, 0.5) is 42.9 Å². The van der Waals surface area contributed by atoms with Gasteiger partial charge in [0, 0.05) is 34.1 Å². The van der Waals surface area contributed by atoms with Crippen LogP contribution in [0.1, 0.15) is 108 Å². The third kappa shape index (κ3) is 11.1. The summed E-state index contributed by atoms with van der Waals surface area (Å²) in [6.45, 7) is 21.3. The Hall–Kier alpha value is -11.6. The van der Waals surface area contributed by atoms with Gasteiger partial charge in [-0.15, -0.1) is 0 Å². The fraction of sp³-hybridized carbons (Fsp3) is 0.109. The van der Waals surface area contributed by atoms with E-state index in [2.05, 4.69) is 271 Å². The van der Waals surface area contributed by atoms with Gasteiger partial charge in [-0.3, -0.25) is 0 Å². The second-order valence-corrected chi connectivity index (χ2v) is 27.6. The van der Waals surface area contributed by atoms with Gasteiger partial charge in [0.25, 0.3) is 0 Å². The second kappa shape index (κ2) is 24.9. The number of hydrogen-bond donors (Lipinski definition) is 0. The molecule has 6 heteroatoms. The Kier molecular flexibility index (Phi) is 15.9. The summed E-state index contributed by atoms with van der Waals surface area (Å²) in [4.78, 5) is 4.41. The molecule has 478 valence electrons. The zero-order valence-corrected chi connectivity index (χ0v) is 55.9. The molecule has 0 radical (unpaired) electrons. The zero-order chi connectivity index (χ0) is 67.5. The molecule has 13 aromatic rings. The van der Waals surface area contributed by atoms with E-state index in [9.17, 15) is 0 Å². The molecule has 15 rings (SSSR count). The van der Waals surface area contributed by atoms with Gasteiger partial charge in [-0.1, -0.05) is 225 Å². The van der Waals surface area contributed by atoms with Crippen molar-refractivity contribution >= 4 is 46.3 Å². The molecule has 2 unspecified atom stereocenters. The number of nitrogens with zero attached hydrogens (tertiary/aromatic N) is 2. The minimum absolute atomic E-state index is 0.0713. The van der Waals surface area contributed by atoms with E-state index in [4.69, 9.17) is 9.47 Å². The van der Waals surface area contributed by atoms with Crippen LogP contribution in [0.2, 0.25) is 0 Å². The van der Waals surface area contributed by atoms with Gasteiger partial charge in [0.15, 0.2) is 0 Å². The molecular weight excluding hydrogens is 1200 g/mol. The molecule has 0 saturated carbocycles. The fourth-order valence-corrected chi connectivity index (χ4v) is 14.8. The average Bonchev–Trinajstić information content (AvgIpc) is 1.53. The fourth-order valence-electron chi connectivity index (χ4n) is 14.8. The van der Waals surface area contributed by atoms with E-state index < -0.39 is 10.8 Å². The van der Waals surface area contributed by atoms with Gasteiger partial charge < -0.3 is 19.3 Å². The quantitative estimate of drug-likeness (QED) is 0.0963. The lowest BCUT2D eigenvalue weighted by Crippen LogP contribution is -2.29. The van der Waals surface area contributed by atoms with Gasteiger partial charge in [0.05, 0.1) is 10.8 Å². The summed E-state index contributed by atoms with van der Waals surface area (Å²) < 4.78 is 43.4. The van der Waals surface area contributed by atoms with Crippen molar-refractivity contribution < 1.29 is 18.3 Å². The molecule has 13 aromatic carbocycles. The van der Waals surface area contributed by atoms with E-state index in [-0.39, 0.29) is 22.5 Å². The summed E-state index contributed by atoms with van der Waals surface area (Å²) in [5.41, 5.74) is 21.4. The van der Waals surface area contributed by atoms with Crippen molar-refractivity contribution in [3.8, 4) is 45.3 Å². The summed E-state index contributed by atoms with van der Waals surface area (Å²) in [5.74, 6) is 2.25. The normalized spacial score (nSPS) is 15.1. The second-order valence-electron chi connectivity index (χ2n) is 27.6. The molecule has 4 nitrogen and oxygen atoms in total. The topological polar surface area (TPSA) is 24.9 Å². The van der Waals surface area contributed by atoms with Gasteiger partial charge in [0.2, 0.25) is 0 Å². The number of anilines is 6. The Bertz CT molecular complexity index is 4780. The van der Waals surface area contributed by atoms with Crippen LogP contribution in [-0.2, 0) is 21.7 Å². The van der Waals surface area contributed by atoms with Crippen molar-refractivity contribution in [1.82, 2.24) is 0 Å². The molecule has 0 bridgehead atoms. The maximum Gasteiger partial charge on any atom is 0.127 e. The highest BCUT2D eigenvalue weighted by molar-refractivity contribution is 5.92. The summed E-state index contributed by atoms with van der Waals surface area (Å²) >= 11 is 0. The largest absolute Gasteiger partial charge is 0.457 e. The SMILES string of the molecule is C=Cc1ccc(Oc2ccc(C3(c4ccc(C(C)(C)C)cc4)c4ccccc4-c4ccc(N(c5ccc(F)cc5)c5ccc(N(c6ccc(F)cc6)c6ccc7c(c6)C(c6ccc(Oc8ccc(C=C)cc8)cc6)(c6ccc(C(C)(C)C)cc6)c6ccccc6-7)cc5)cc43)cc2)cc1. The van der Waals surface area contributed by atoms with Crippen molar-refractivity contribution in [3.63, 3.8) is 0 Å². The van der Waals surface area contributed by atoms with E-state index >= 15 is 8.78 Å². The number of halogens is 2. The van der Waals surface area contributed by atoms with Crippen molar-refractivity contribution in [3.05, 3.63) is 395 Å². The molecule has 0 amide bonds. The summed E-state index contributed by atoms with van der Waals surface area (Å²) in [7, 11) is 0. The van der Waals surface area contributed by atoms with E-state index in [1.54, 1.807) is 0 Å². The summed E-state index contributed by atoms with van der Waals surface area (Å²) in [6, 6.07) is 104. The smallest absolute Gasteiger partial charge is 0.127 e. The first-order valence-electron chi connectivity index (χ1n) is 33.5. The lowest BCUT2D eigenvalue weighted by Gasteiger charge is -2.36. The lowest BCUT2D eigenvalue weighted by atomic mass is 9.67. The first-order valence-corrected chi connectivity index (χ1v) is 33.5. The molecule has 0 spiro atoms. The molecule has 2 atom stereocenters. The standard InChI is InChI=1S/C92H74F2N2O2/c1-9-61-19-49-77(50-20-61)97-79-53-31-67(32-54-79)91(65-27-23-63(24-28-65)89(3,4)5)85-17-13-11-15-81(85)83-57-47-75(59-87(83)91)95(71-39-35-69(93)36-40-71)73-43-45-74(46-44-73)96(72-41-37-70(94)38-42-72)76-48-58-84-82-16-12-14-18-86(82)92(88(84)60-76,66-29-25-64(26-30-66)90(6,7)8)68-33-55-80(56-34-68)98-78-51-21-62(10-2)22-52-78/h9-60H,1-2H2,3-8H3. The van der Waals surface area contributed by atoms with E-state index in [0.29, 0.717) is 0 Å². The molecule has 0 heterocycles. The Morgan fingerprint density at radius 1 is 0.296 bits per heavy atom. The predicted molar refractivity (Wildman–Crippen MR) is 401 cm³/mol. The third-order valence-electron chi connectivity index (χ3n) is 19.8. The van der Waals surface area contributed by atoms with E-state index in [1.165, 1.54) is 46.5 Å². The maximum absolute atomic E-state index is 15.2. The van der Waals surface area contributed by atoms with Gasteiger partial charge in [-0.05, 0) is 245 Å². The van der Waals surface area contributed by atoms with Crippen LogP contribution in [0, 0.1) is 11.6 Å². The third-order valence-corrected chi connectivity index (χ3v) is 19.8. The zero-order valence-electron chi connectivity index (χ0n) is 55.9. The van der Waals surface area contributed by atoms with Gasteiger partial charge >= 0.3 is 0 Å². The van der Waals surface area contributed by atoms with Crippen LogP contribution in [0.25, 0.3) is 34.4 Å². The Balaban J connectivity index is 0.869. The molecule has 98 heavy (non-hydrogen) atoms. The van der Waals surface area contributed by atoms with Crippen LogP contribution >= 0.6 is 0 Å². The molecule has 2 aliphatic rings. The van der Waals surface area contributed by atoms with Crippen molar-refractivity contribution in [1.29, 1.82) is 0 Å². The van der Waals surface area contributed by atoms with Crippen molar-refractivity contribution in [2.45, 2.75) is 63.2 Å². The highest BCUT2D eigenvalue weighted by atomic mass is 19.1. The predicted octanol–water partition coefficient (Wildman–Crippen LogP) is 25.1. The number of hydrogen-bond acceptors (Lipinski definition) is 4. The van der Waals surface area contributed by atoms with Crippen LogP contribution in [0.3, 0.4) is 0 Å². The monoisotopic (exact) mass is 1280 g/mol. The molecule has 2 aliphatic carbocycles. The summed E-state index contributed by atoms with van der Waals surface area (Å²) in [6.07, 6.45) is 3.65. The van der Waals surface area contributed by atoms with Crippen LogP contribution in [0.15, 0.2) is 316 Å². The number of rotatable bonds is 16. The molecule has 0 aliphatic heterocycles. The van der Waals surface area contributed by atoms with Gasteiger partial charge in [0.1, 0.15) is 34.6 Å². The Morgan fingerprint density at radius 3 is 0.867 bits per heavy atom. The first-order chi connectivity index (χ1) is 47.5. The molecular formula is C92H74F2N2O2. The Morgan fingerprint density at radius 2 is 0.561 bits per heavy atom. The van der Waals surface area contributed by atoms with Crippen LogP contribution < -0.4 is 19.3 Å². The molecule has 0 saturated heterocycles. The first kappa shape index (κ1) is 62.5. The molecule has 0 N–H and O–H groups in total. The minimum atomic E-state index is -0.780. The summed E-state index contributed by atoms with van der Waals surface area (Å²) in [5, 5.41) is 0. The number of benzene rings is 13. The number of ether oxygens (including phenoxy) is 2. The highest BCUT2D eigenvalue weighted by Gasteiger charge is 2.48. The molecule has 0 fully saturated rings. The van der Waals surface area contributed by atoms with E-state index in [0.717, 1.165) is 124 Å². The maximum atomic E-state index is 15.2. The van der Waals surface area contributed by atoms with Gasteiger partial charge in [-0.2, -0.15) is 0 Å². The van der Waals surface area contributed by atoms with Crippen molar-refractivity contribution in [2.24, 2.45) is 0 Å². The minimum Gasteiger partial charge on any atom is -0.457 e. The van der Waals surface area contributed by atoms with E-state index in [1.807, 2.05) is 84.9 Å². The van der Waals surface area contributed by atoms with Crippen LogP contribution in [0.5, 0.6) is 23.0 Å². The average molecular weight is 1280 g/mol. The molecule has 0 aromatic heterocycles. The van der Waals surface area contributed by atoms with Crippen molar-refractivity contribution in [2.75, 3.05) is 9.80 Å². The highest BCUT2D eigenvalue weighted by Crippen LogP contribution is 2.60. The van der Waals surface area contributed by atoms with Crippen LogP contribution in [-0.4, -0.2) is 0 Å². The number of fused-ring (bicyclic) bond motifs is 6.